The van der Waals surface area contributed by atoms with E-state index < -0.39 is 0 Å². The van der Waals surface area contributed by atoms with Gasteiger partial charge in [-0.25, -0.2) is 0 Å². The van der Waals surface area contributed by atoms with Gasteiger partial charge in [0, 0.05) is 0 Å². The Hall–Kier alpha value is -1.81. The van der Waals surface area contributed by atoms with Gasteiger partial charge in [0.25, 0.3) is 0 Å². The molecule has 1 unspecified atom stereocenters. The Bertz CT molecular complexity index is 695. The molecule has 0 aliphatic heterocycles. The van der Waals surface area contributed by atoms with E-state index >= 15 is 0 Å². The first kappa shape index (κ1) is 21.9. The lowest BCUT2D eigenvalue weighted by Crippen LogP contribution is -2.21. The second kappa shape index (κ2) is 12.0. The fraction of sp³-hybridized carbons (Fsp3) is 0.607. The van der Waals surface area contributed by atoms with Gasteiger partial charge in [0.2, 0.25) is 0 Å². The van der Waals surface area contributed by atoms with Crippen LogP contribution >= 0.6 is 0 Å². The summed E-state index contributed by atoms with van der Waals surface area (Å²) in [6, 6.07) is 10.2. The number of nitriles is 1. The Labute approximate surface area is 178 Å². The first-order valence-corrected chi connectivity index (χ1v) is 12.2. The summed E-state index contributed by atoms with van der Waals surface area (Å²) in [4.78, 5) is 0. The van der Waals surface area contributed by atoms with E-state index in [1.165, 1.54) is 94.6 Å². The van der Waals surface area contributed by atoms with Gasteiger partial charge in [0.15, 0.2) is 0 Å². The predicted molar refractivity (Wildman–Crippen MR) is 124 cm³/mol. The first-order valence-electron chi connectivity index (χ1n) is 12.2. The highest BCUT2D eigenvalue weighted by atomic mass is 14.3. The van der Waals surface area contributed by atoms with Gasteiger partial charge >= 0.3 is 0 Å². The Morgan fingerprint density at radius 3 is 2.21 bits per heavy atom. The second-order valence-electron chi connectivity index (χ2n) is 9.30. The van der Waals surface area contributed by atoms with Crippen LogP contribution in [0.25, 0.3) is 5.57 Å². The zero-order valence-corrected chi connectivity index (χ0v) is 18.4. The molecular weight excluding hydrogens is 350 g/mol. The number of rotatable bonds is 10. The molecule has 0 amide bonds. The number of benzene rings is 1. The molecule has 0 aromatic heterocycles. The number of hydrogen-bond acceptors (Lipinski definition) is 1. The Kier molecular flexibility index (Phi) is 9.07. The van der Waals surface area contributed by atoms with Crippen molar-refractivity contribution in [3.05, 3.63) is 53.6 Å². The van der Waals surface area contributed by atoms with Crippen molar-refractivity contribution in [2.75, 3.05) is 0 Å². The van der Waals surface area contributed by atoms with Crippen LogP contribution in [0.5, 0.6) is 0 Å². The average molecular weight is 390 g/mol. The molecule has 29 heavy (non-hydrogen) atoms. The lowest BCUT2D eigenvalue weighted by Gasteiger charge is -2.33. The van der Waals surface area contributed by atoms with Gasteiger partial charge in [-0.1, -0.05) is 101 Å². The molecule has 1 aromatic rings. The summed E-state index contributed by atoms with van der Waals surface area (Å²) in [5.41, 5.74) is 3.29. The summed E-state index contributed by atoms with van der Waals surface area (Å²) in [5, 5.41) is 8.96. The van der Waals surface area contributed by atoms with Crippen molar-refractivity contribution in [3.8, 4) is 6.07 Å². The van der Waals surface area contributed by atoms with Crippen LogP contribution in [0.2, 0.25) is 0 Å². The van der Waals surface area contributed by atoms with Crippen LogP contribution in [0.15, 0.2) is 42.5 Å². The zero-order chi connectivity index (χ0) is 20.3. The molecule has 0 bridgehead atoms. The summed E-state index contributed by atoms with van der Waals surface area (Å²) < 4.78 is 0. The van der Waals surface area contributed by atoms with Crippen molar-refractivity contribution in [2.24, 2.45) is 17.8 Å². The zero-order valence-electron chi connectivity index (χ0n) is 18.4. The van der Waals surface area contributed by atoms with Gasteiger partial charge < -0.3 is 0 Å². The molecule has 3 rings (SSSR count). The normalized spacial score (nSPS) is 24.1. The molecular formula is C28H39N. The summed E-state index contributed by atoms with van der Waals surface area (Å²) in [6.45, 7) is 2.30. The maximum Gasteiger partial charge on any atom is 0.0991 e. The topological polar surface area (TPSA) is 23.8 Å². The van der Waals surface area contributed by atoms with E-state index in [-0.39, 0.29) is 0 Å². The second-order valence-corrected chi connectivity index (χ2v) is 9.30. The third-order valence-corrected chi connectivity index (χ3v) is 7.19. The Morgan fingerprint density at radius 2 is 1.59 bits per heavy atom. The summed E-state index contributed by atoms with van der Waals surface area (Å²) in [7, 11) is 0. The molecule has 0 heterocycles. The smallest absolute Gasteiger partial charge is 0.0991 e. The van der Waals surface area contributed by atoms with Crippen LogP contribution in [0.3, 0.4) is 0 Å². The van der Waals surface area contributed by atoms with Gasteiger partial charge in [-0.05, 0) is 60.3 Å². The minimum atomic E-state index is 0.733. The van der Waals surface area contributed by atoms with Crippen LogP contribution in [-0.4, -0.2) is 0 Å². The Balaban J connectivity index is 1.34. The highest BCUT2D eigenvalue weighted by molar-refractivity contribution is 5.75. The molecule has 1 saturated carbocycles. The largest absolute Gasteiger partial charge is 0.192 e. The molecule has 0 spiro atoms. The van der Waals surface area contributed by atoms with Crippen LogP contribution in [-0.2, 0) is 0 Å². The average Bonchev–Trinajstić information content (AvgIpc) is 2.79. The van der Waals surface area contributed by atoms with E-state index in [4.69, 9.17) is 5.26 Å². The quantitative estimate of drug-likeness (QED) is 0.368. The number of unbranched alkanes of at least 4 members (excludes halogenated alkanes) is 6. The lowest BCUT2D eigenvalue weighted by atomic mass is 9.72. The highest BCUT2D eigenvalue weighted by Crippen LogP contribution is 2.39. The summed E-state index contributed by atoms with van der Waals surface area (Å²) in [5.74, 6) is 2.62. The fourth-order valence-corrected chi connectivity index (χ4v) is 5.23. The molecule has 156 valence electrons. The molecule has 0 radical (unpaired) electrons. The van der Waals surface area contributed by atoms with Gasteiger partial charge in [0.05, 0.1) is 11.6 Å². The third-order valence-electron chi connectivity index (χ3n) is 7.19. The maximum atomic E-state index is 8.96. The van der Waals surface area contributed by atoms with Crippen molar-refractivity contribution < 1.29 is 0 Å². The third kappa shape index (κ3) is 6.88. The van der Waals surface area contributed by atoms with Gasteiger partial charge in [0.1, 0.15) is 0 Å². The van der Waals surface area contributed by atoms with Crippen LogP contribution in [0, 0.1) is 29.1 Å². The molecule has 2 aliphatic rings. The molecule has 1 nitrogen and oxygen atoms in total. The van der Waals surface area contributed by atoms with Crippen LogP contribution < -0.4 is 0 Å². The highest BCUT2D eigenvalue weighted by Gasteiger charge is 2.26. The van der Waals surface area contributed by atoms with E-state index in [0.717, 1.165) is 23.3 Å². The van der Waals surface area contributed by atoms with E-state index in [9.17, 15) is 0 Å². The van der Waals surface area contributed by atoms with Gasteiger partial charge in [-0.3, -0.25) is 0 Å². The lowest BCUT2D eigenvalue weighted by molar-refractivity contribution is 0.218. The van der Waals surface area contributed by atoms with E-state index in [1.54, 1.807) is 0 Å². The van der Waals surface area contributed by atoms with Crippen LogP contribution in [0.4, 0.5) is 0 Å². The number of hydrogen-bond donors (Lipinski definition) is 0. The monoisotopic (exact) mass is 389 g/mol. The molecule has 1 atom stereocenters. The number of nitrogens with zero attached hydrogens (tertiary/aromatic N) is 1. The number of allylic oxidation sites excluding steroid dienone is 4. The molecule has 2 aliphatic carbocycles. The molecule has 0 saturated heterocycles. The van der Waals surface area contributed by atoms with Gasteiger partial charge in [-0.15, -0.1) is 0 Å². The summed E-state index contributed by atoms with van der Waals surface area (Å²) in [6.07, 6.45) is 25.7. The van der Waals surface area contributed by atoms with E-state index in [1.807, 2.05) is 12.1 Å². The molecule has 1 heteroatoms. The standard InChI is InChI=1S/C28H39N/c1-2-3-4-5-6-7-8-9-23-10-14-25(15-11-23)27-18-20-28(21-19-27)26-16-12-24(22-29)13-17-26/h12-13,16-18,20-21,23,25,27H,2-11,14-15,19H2,1H3/t23-,25-,27?. The molecule has 0 N–H and O–H groups in total. The SMILES string of the molecule is CCCCCCCCC[C@H]1CC[C@H](C2C=CC(c3ccc(C#N)cc3)=CC2)CC1. The Morgan fingerprint density at radius 1 is 0.897 bits per heavy atom. The predicted octanol–water partition coefficient (Wildman–Crippen LogP) is 8.46. The maximum absolute atomic E-state index is 8.96. The van der Waals surface area contributed by atoms with E-state index in [0.29, 0.717) is 0 Å². The van der Waals surface area contributed by atoms with Crippen molar-refractivity contribution >= 4 is 5.57 Å². The van der Waals surface area contributed by atoms with Crippen molar-refractivity contribution in [1.82, 2.24) is 0 Å². The van der Waals surface area contributed by atoms with Crippen LogP contribution in [0.1, 0.15) is 102 Å². The first-order chi connectivity index (χ1) is 14.3. The van der Waals surface area contributed by atoms with E-state index in [2.05, 4.69) is 43.4 Å². The van der Waals surface area contributed by atoms with Gasteiger partial charge in [-0.2, -0.15) is 5.26 Å². The van der Waals surface area contributed by atoms with Crippen molar-refractivity contribution in [3.63, 3.8) is 0 Å². The van der Waals surface area contributed by atoms with Crippen molar-refractivity contribution in [1.29, 1.82) is 5.26 Å². The van der Waals surface area contributed by atoms with Crippen molar-refractivity contribution in [2.45, 2.75) is 90.4 Å². The minimum Gasteiger partial charge on any atom is -0.192 e. The molecule has 1 fully saturated rings. The minimum absolute atomic E-state index is 0.733. The molecule has 1 aromatic carbocycles. The summed E-state index contributed by atoms with van der Waals surface area (Å²) >= 11 is 0. The fourth-order valence-electron chi connectivity index (χ4n) is 5.23.